The number of hydrogen-bond acceptors (Lipinski definition) is 6. The number of benzene rings is 3. The van der Waals surface area contributed by atoms with Crippen LogP contribution >= 0.6 is 11.8 Å². The molecule has 0 spiro atoms. The fourth-order valence-corrected chi connectivity index (χ4v) is 4.64. The largest absolute Gasteiger partial charge is 0.495 e. The average molecular weight is 481 g/mol. The first kappa shape index (κ1) is 22.7. The molecule has 0 bridgehead atoms. The summed E-state index contributed by atoms with van der Waals surface area (Å²) in [5.41, 5.74) is 3.96. The molecule has 5 rings (SSSR count). The van der Waals surface area contributed by atoms with Crippen LogP contribution in [0, 0.1) is 0 Å². The van der Waals surface area contributed by atoms with Crippen molar-refractivity contribution >= 4 is 11.8 Å². The highest BCUT2D eigenvalue weighted by Gasteiger charge is 2.19. The van der Waals surface area contributed by atoms with E-state index in [1.807, 2.05) is 83.4 Å². The highest BCUT2D eigenvalue weighted by molar-refractivity contribution is 7.98. The summed E-state index contributed by atoms with van der Waals surface area (Å²) < 4.78 is 13.9. The lowest BCUT2D eigenvalue weighted by molar-refractivity contribution is 0.293. The van der Waals surface area contributed by atoms with Gasteiger partial charge in [0.2, 0.25) is 0 Å². The Labute approximate surface area is 208 Å². The summed E-state index contributed by atoms with van der Waals surface area (Å²) in [6, 6.07) is 32.0. The minimum atomic E-state index is 0.249. The Hall–Kier alpha value is -4.10. The lowest BCUT2D eigenvalue weighted by Gasteiger charge is -2.15. The molecule has 0 N–H and O–H groups in total. The Morgan fingerprint density at radius 1 is 0.771 bits per heavy atom. The van der Waals surface area contributed by atoms with E-state index < -0.39 is 0 Å². The molecule has 5 aromatic rings. The Kier molecular flexibility index (Phi) is 7.05. The summed E-state index contributed by atoms with van der Waals surface area (Å²) in [5, 5.41) is 9.72. The van der Waals surface area contributed by atoms with Crippen LogP contribution in [0.3, 0.4) is 0 Å². The van der Waals surface area contributed by atoms with Crippen LogP contribution in [0.25, 0.3) is 16.8 Å². The van der Waals surface area contributed by atoms with Crippen LogP contribution in [0.4, 0.5) is 0 Å². The highest BCUT2D eigenvalue weighted by atomic mass is 32.2. The van der Waals surface area contributed by atoms with Crippen molar-refractivity contribution in [3.8, 4) is 28.3 Å². The van der Waals surface area contributed by atoms with Gasteiger partial charge in [-0.2, -0.15) is 0 Å². The van der Waals surface area contributed by atoms with E-state index in [-0.39, 0.29) is 6.61 Å². The van der Waals surface area contributed by atoms with Crippen molar-refractivity contribution in [1.29, 1.82) is 0 Å². The fraction of sp³-hybridized carbons (Fsp3) is 0.107. The molecule has 0 aliphatic heterocycles. The fourth-order valence-electron chi connectivity index (χ4n) is 3.76. The van der Waals surface area contributed by atoms with Crippen LogP contribution in [0.2, 0.25) is 0 Å². The van der Waals surface area contributed by atoms with Gasteiger partial charge in [0.25, 0.3) is 0 Å². The van der Waals surface area contributed by atoms with Gasteiger partial charge in [-0.15, -0.1) is 10.2 Å². The Morgan fingerprint density at radius 3 is 2.31 bits per heavy atom. The molecule has 0 aliphatic carbocycles. The summed E-state index contributed by atoms with van der Waals surface area (Å²) >= 11 is 1.57. The quantitative estimate of drug-likeness (QED) is 0.234. The zero-order valence-electron chi connectivity index (χ0n) is 19.2. The third kappa shape index (κ3) is 5.20. The van der Waals surface area contributed by atoms with Gasteiger partial charge in [0.15, 0.2) is 11.0 Å². The van der Waals surface area contributed by atoms with Gasteiger partial charge in [-0.05, 0) is 35.9 Å². The first-order valence-electron chi connectivity index (χ1n) is 11.2. The van der Waals surface area contributed by atoms with Crippen LogP contribution < -0.4 is 9.47 Å². The topological polar surface area (TPSA) is 62.1 Å². The number of aromatic nitrogens is 4. The molecule has 0 fully saturated rings. The number of para-hydroxylation sites is 3. The van der Waals surface area contributed by atoms with Crippen molar-refractivity contribution < 1.29 is 9.47 Å². The molecule has 2 aromatic heterocycles. The molecule has 0 saturated carbocycles. The molecule has 7 heteroatoms. The number of methoxy groups -OCH3 is 1. The molecule has 0 unspecified atom stereocenters. The SMILES string of the molecule is COc1ccccc1-n1c(COc2ccccc2-c2ccccc2)nnc1SCc1ccccn1. The van der Waals surface area contributed by atoms with Crippen molar-refractivity contribution in [2.75, 3.05) is 7.11 Å². The summed E-state index contributed by atoms with van der Waals surface area (Å²) in [6.45, 7) is 0.249. The third-order valence-electron chi connectivity index (χ3n) is 5.43. The second-order valence-electron chi connectivity index (χ2n) is 7.67. The van der Waals surface area contributed by atoms with Crippen LogP contribution in [0.5, 0.6) is 11.5 Å². The molecule has 0 aliphatic rings. The van der Waals surface area contributed by atoms with Crippen LogP contribution in [-0.4, -0.2) is 26.9 Å². The lowest BCUT2D eigenvalue weighted by atomic mass is 10.1. The molecule has 174 valence electrons. The number of rotatable bonds is 9. The summed E-state index contributed by atoms with van der Waals surface area (Å²) in [5.74, 6) is 2.88. The van der Waals surface area contributed by atoms with Crippen LogP contribution in [0.15, 0.2) is 108 Å². The van der Waals surface area contributed by atoms with Crippen molar-refractivity contribution in [1.82, 2.24) is 19.7 Å². The van der Waals surface area contributed by atoms with E-state index in [9.17, 15) is 0 Å². The standard InChI is InChI=1S/C28H24N4O2S/c1-33-26-17-8-6-15-24(26)32-27(30-31-28(32)35-20-22-13-9-10-18-29-22)19-34-25-16-7-5-14-23(25)21-11-3-2-4-12-21/h2-18H,19-20H2,1H3. The van der Waals surface area contributed by atoms with Gasteiger partial charge in [0.1, 0.15) is 18.1 Å². The van der Waals surface area contributed by atoms with Crippen LogP contribution in [0.1, 0.15) is 11.5 Å². The Morgan fingerprint density at radius 2 is 1.51 bits per heavy atom. The van der Waals surface area contributed by atoms with E-state index in [2.05, 4.69) is 33.4 Å². The molecule has 0 radical (unpaired) electrons. The maximum atomic E-state index is 6.30. The van der Waals surface area contributed by atoms with E-state index in [0.717, 1.165) is 39.2 Å². The average Bonchev–Trinajstić information content (AvgIpc) is 3.34. The van der Waals surface area contributed by atoms with Crippen molar-refractivity contribution in [2.45, 2.75) is 17.5 Å². The zero-order chi connectivity index (χ0) is 23.9. The van der Waals surface area contributed by atoms with Gasteiger partial charge in [-0.3, -0.25) is 9.55 Å². The molecule has 0 saturated heterocycles. The molecule has 0 amide bonds. The van der Waals surface area contributed by atoms with E-state index in [0.29, 0.717) is 11.6 Å². The second kappa shape index (κ2) is 10.9. The Bertz CT molecular complexity index is 1390. The summed E-state index contributed by atoms with van der Waals surface area (Å²) in [6.07, 6.45) is 1.80. The van der Waals surface area contributed by atoms with Crippen molar-refractivity contribution in [3.63, 3.8) is 0 Å². The van der Waals surface area contributed by atoms with Crippen molar-refractivity contribution in [2.24, 2.45) is 0 Å². The first-order chi connectivity index (χ1) is 17.3. The second-order valence-corrected chi connectivity index (χ2v) is 8.61. The predicted octanol–water partition coefficient (Wildman–Crippen LogP) is 6.21. The van der Waals surface area contributed by atoms with E-state index in [4.69, 9.17) is 9.47 Å². The number of hydrogen-bond donors (Lipinski definition) is 0. The molecule has 0 atom stereocenters. The van der Waals surface area contributed by atoms with Gasteiger partial charge < -0.3 is 9.47 Å². The number of pyridine rings is 1. The maximum Gasteiger partial charge on any atom is 0.196 e. The Balaban J connectivity index is 1.46. The van der Waals surface area contributed by atoms with E-state index in [1.54, 1.807) is 25.1 Å². The monoisotopic (exact) mass is 480 g/mol. The number of thioether (sulfide) groups is 1. The minimum Gasteiger partial charge on any atom is -0.495 e. The van der Waals surface area contributed by atoms with Gasteiger partial charge >= 0.3 is 0 Å². The smallest absolute Gasteiger partial charge is 0.196 e. The van der Waals surface area contributed by atoms with Crippen LogP contribution in [-0.2, 0) is 12.4 Å². The van der Waals surface area contributed by atoms with Gasteiger partial charge in [0.05, 0.1) is 18.5 Å². The summed E-state index contributed by atoms with van der Waals surface area (Å²) in [4.78, 5) is 4.42. The van der Waals surface area contributed by atoms with E-state index >= 15 is 0 Å². The normalized spacial score (nSPS) is 10.8. The maximum absolute atomic E-state index is 6.30. The summed E-state index contributed by atoms with van der Waals surface area (Å²) in [7, 11) is 1.66. The lowest BCUT2D eigenvalue weighted by Crippen LogP contribution is -2.08. The first-order valence-corrected chi connectivity index (χ1v) is 12.2. The van der Waals surface area contributed by atoms with E-state index in [1.165, 1.54) is 0 Å². The van der Waals surface area contributed by atoms with Gasteiger partial charge in [-0.1, -0.05) is 78.5 Å². The molecule has 3 aromatic carbocycles. The highest BCUT2D eigenvalue weighted by Crippen LogP contribution is 2.32. The molecule has 2 heterocycles. The molecular weight excluding hydrogens is 456 g/mol. The molecular formula is C28H24N4O2S. The minimum absolute atomic E-state index is 0.249. The van der Waals surface area contributed by atoms with Gasteiger partial charge in [-0.25, -0.2) is 0 Å². The predicted molar refractivity (Wildman–Crippen MR) is 138 cm³/mol. The number of ether oxygens (including phenoxy) is 2. The van der Waals surface area contributed by atoms with Gasteiger partial charge in [0, 0.05) is 17.5 Å². The third-order valence-corrected chi connectivity index (χ3v) is 6.39. The zero-order valence-corrected chi connectivity index (χ0v) is 20.1. The van der Waals surface area contributed by atoms with Crippen molar-refractivity contribution in [3.05, 3.63) is 115 Å². The molecule has 35 heavy (non-hydrogen) atoms. The number of nitrogens with zero attached hydrogens (tertiary/aromatic N) is 4. The molecule has 6 nitrogen and oxygen atoms in total.